The Balaban J connectivity index is 1.88. The zero-order valence-corrected chi connectivity index (χ0v) is 6.62. The summed E-state index contributed by atoms with van der Waals surface area (Å²) in [5.41, 5.74) is 0. The minimum absolute atomic E-state index is 0.641. The van der Waals surface area contributed by atoms with Crippen molar-refractivity contribution in [2.75, 3.05) is 0 Å². The first-order valence-electron chi connectivity index (χ1n) is 4.43. The van der Waals surface area contributed by atoms with Gasteiger partial charge in [-0.15, -0.1) is 0 Å². The zero-order chi connectivity index (χ0) is 7.68. The van der Waals surface area contributed by atoms with E-state index in [9.17, 15) is 4.79 Å². The lowest BCUT2D eigenvalue weighted by atomic mass is 9.90. The normalized spacial score (nSPS) is 39.8. The van der Waals surface area contributed by atoms with Crippen LogP contribution < -0.4 is 0 Å². The predicted octanol–water partition coefficient (Wildman–Crippen LogP) is 2.09. The maximum Gasteiger partial charge on any atom is 0.198 e. The van der Waals surface area contributed by atoms with Gasteiger partial charge in [0.25, 0.3) is 0 Å². The molecule has 0 aromatic rings. The summed E-state index contributed by atoms with van der Waals surface area (Å²) in [5, 5.41) is 0. The average molecular weight is 149 g/mol. The van der Waals surface area contributed by atoms with Crippen LogP contribution in [-0.2, 0) is 4.79 Å². The van der Waals surface area contributed by atoms with Gasteiger partial charge in [0, 0.05) is 6.42 Å². The molecule has 2 rings (SSSR count). The SMILES string of the molecule is O=[C]CCC1CC2C=CC1C2. The van der Waals surface area contributed by atoms with E-state index in [1.165, 1.54) is 12.8 Å². The molecule has 2 bridgehead atoms. The average Bonchev–Trinajstić information content (AvgIpc) is 2.60. The Morgan fingerprint density at radius 3 is 2.82 bits per heavy atom. The van der Waals surface area contributed by atoms with Crippen molar-refractivity contribution in [3.8, 4) is 0 Å². The maximum absolute atomic E-state index is 10.0. The molecule has 1 heteroatoms. The third-order valence-corrected chi connectivity index (χ3v) is 3.03. The molecule has 0 aromatic carbocycles. The van der Waals surface area contributed by atoms with Gasteiger partial charge in [-0.1, -0.05) is 12.2 Å². The van der Waals surface area contributed by atoms with Crippen LogP contribution in [0, 0.1) is 17.8 Å². The summed E-state index contributed by atoms with van der Waals surface area (Å²) < 4.78 is 0. The first-order chi connectivity index (χ1) is 5.40. The first kappa shape index (κ1) is 7.08. The zero-order valence-electron chi connectivity index (χ0n) is 6.62. The Morgan fingerprint density at radius 1 is 1.36 bits per heavy atom. The van der Waals surface area contributed by atoms with E-state index >= 15 is 0 Å². The van der Waals surface area contributed by atoms with Crippen molar-refractivity contribution in [1.29, 1.82) is 0 Å². The van der Waals surface area contributed by atoms with Crippen LogP contribution in [0.1, 0.15) is 25.7 Å². The van der Waals surface area contributed by atoms with E-state index in [1.807, 2.05) is 6.29 Å². The molecule has 11 heavy (non-hydrogen) atoms. The largest absolute Gasteiger partial charge is 0.291 e. The van der Waals surface area contributed by atoms with Crippen LogP contribution in [0.25, 0.3) is 0 Å². The molecule has 59 valence electrons. The quantitative estimate of drug-likeness (QED) is 0.561. The van der Waals surface area contributed by atoms with Gasteiger partial charge in [-0.3, -0.25) is 4.79 Å². The van der Waals surface area contributed by atoms with Crippen LogP contribution in [-0.4, -0.2) is 6.29 Å². The van der Waals surface area contributed by atoms with E-state index in [2.05, 4.69) is 12.2 Å². The number of carbonyl (C=O) groups excluding carboxylic acids is 1. The molecule has 0 N–H and O–H groups in total. The highest BCUT2D eigenvalue weighted by Gasteiger charge is 2.34. The van der Waals surface area contributed by atoms with Crippen molar-refractivity contribution in [2.24, 2.45) is 17.8 Å². The second-order valence-corrected chi connectivity index (χ2v) is 3.72. The molecule has 0 aliphatic heterocycles. The second kappa shape index (κ2) is 2.80. The Kier molecular flexibility index (Phi) is 1.80. The van der Waals surface area contributed by atoms with Crippen LogP contribution in [0.4, 0.5) is 0 Å². The van der Waals surface area contributed by atoms with Crippen molar-refractivity contribution in [3.05, 3.63) is 12.2 Å². The van der Waals surface area contributed by atoms with E-state index in [-0.39, 0.29) is 0 Å². The van der Waals surface area contributed by atoms with Gasteiger partial charge in [0.2, 0.25) is 0 Å². The van der Waals surface area contributed by atoms with Gasteiger partial charge in [-0.05, 0) is 37.0 Å². The molecule has 0 saturated heterocycles. The van der Waals surface area contributed by atoms with Crippen LogP contribution in [0.2, 0.25) is 0 Å². The van der Waals surface area contributed by atoms with Crippen molar-refractivity contribution in [2.45, 2.75) is 25.7 Å². The molecular formula is C10H13O. The molecule has 3 unspecified atom stereocenters. The molecule has 0 amide bonds. The summed E-state index contributed by atoms with van der Waals surface area (Å²) in [7, 11) is 0. The van der Waals surface area contributed by atoms with Crippen molar-refractivity contribution in [1.82, 2.24) is 0 Å². The van der Waals surface area contributed by atoms with Crippen molar-refractivity contribution in [3.63, 3.8) is 0 Å². The number of hydrogen-bond acceptors (Lipinski definition) is 1. The summed E-state index contributed by atoms with van der Waals surface area (Å²) in [4.78, 5) is 10.0. The third kappa shape index (κ3) is 1.24. The summed E-state index contributed by atoms with van der Waals surface area (Å²) in [6.07, 6.45) is 11.0. The third-order valence-electron chi connectivity index (χ3n) is 3.03. The molecule has 2 aliphatic carbocycles. The van der Waals surface area contributed by atoms with E-state index in [4.69, 9.17) is 0 Å². The highest BCUT2D eigenvalue weighted by atomic mass is 16.1. The number of allylic oxidation sites excluding steroid dienone is 2. The Hall–Kier alpha value is -0.590. The van der Waals surface area contributed by atoms with Gasteiger partial charge >= 0.3 is 0 Å². The van der Waals surface area contributed by atoms with E-state index in [1.54, 1.807) is 0 Å². The molecule has 0 spiro atoms. The van der Waals surface area contributed by atoms with E-state index in [0.29, 0.717) is 6.42 Å². The molecule has 2 aliphatic rings. The highest BCUT2D eigenvalue weighted by Crippen LogP contribution is 2.45. The lowest BCUT2D eigenvalue weighted by molar-refractivity contribution is 0.418. The number of hydrogen-bond donors (Lipinski definition) is 0. The van der Waals surface area contributed by atoms with Gasteiger partial charge in [-0.25, -0.2) is 0 Å². The Labute approximate surface area is 67.5 Å². The van der Waals surface area contributed by atoms with Crippen LogP contribution in [0.5, 0.6) is 0 Å². The van der Waals surface area contributed by atoms with Gasteiger partial charge in [0.15, 0.2) is 6.29 Å². The molecule has 1 saturated carbocycles. The standard InChI is InChI=1S/C10H13O/c11-5-1-2-9-6-8-3-4-10(9)7-8/h3-4,8-10H,1-2,6-7H2. The molecule has 0 heterocycles. The molecule has 1 fully saturated rings. The monoisotopic (exact) mass is 149 g/mol. The summed E-state index contributed by atoms with van der Waals surface area (Å²) >= 11 is 0. The summed E-state index contributed by atoms with van der Waals surface area (Å²) in [5.74, 6) is 2.44. The van der Waals surface area contributed by atoms with Gasteiger partial charge in [0.05, 0.1) is 0 Å². The van der Waals surface area contributed by atoms with Crippen LogP contribution in [0.3, 0.4) is 0 Å². The second-order valence-electron chi connectivity index (χ2n) is 3.72. The van der Waals surface area contributed by atoms with Crippen LogP contribution in [0.15, 0.2) is 12.2 Å². The lowest BCUT2D eigenvalue weighted by Gasteiger charge is -2.15. The summed E-state index contributed by atoms with van der Waals surface area (Å²) in [6, 6.07) is 0. The molecule has 0 aromatic heterocycles. The number of fused-ring (bicyclic) bond motifs is 2. The Bertz CT molecular complexity index is 183. The van der Waals surface area contributed by atoms with Gasteiger partial charge < -0.3 is 0 Å². The predicted molar refractivity (Wildman–Crippen MR) is 43.8 cm³/mol. The topological polar surface area (TPSA) is 17.1 Å². The van der Waals surface area contributed by atoms with Crippen molar-refractivity contribution < 1.29 is 4.79 Å². The molecular weight excluding hydrogens is 136 g/mol. The van der Waals surface area contributed by atoms with Crippen molar-refractivity contribution >= 4 is 6.29 Å². The fourth-order valence-corrected chi connectivity index (χ4v) is 2.47. The molecule has 1 nitrogen and oxygen atoms in total. The minimum atomic E-state index is 0.641. The highest BCUT2D eigenvalue weighted by molar-refractivity contribution is 5.50. The molecule has 3 atom stereocenters. The van der Waals surface area contributed by atoms with E-state index < -0.39 is 0 Å². The fraction of sp³-hybridized carbons (Fsp3) is 0.700. The maximum atomic E-state index is 10.0. The smallest absolute Gasteiger partial charge is 0.198 e. The minimum Gasteiger partial charge on any atom is -0.291 e. The van der Waals surface area contributed by atoms with Gasteiger partial charge in [-0.2, -0.15) is 0 Å². The fourth-order valence-electron chi connectivity index (χ4n) is 2.47. The van der Waals surface area contributed by atoms with E-state index in [0.717, 1.165) is 24.2 Å². The lowest BCUT2D eigenvalue weighted by Crippen LogP contribution is -2.06. The number of rotatable bonds is 3. The Morgan fingerprint density at radius 2 is 2.27 bits per heavy atom. The molecule has 1 radical (unpaired) electrons. The van der Waals surface area contributed by atoms with Crippen LogP contribution >= 0.6 is 0 Å². The first-order valence-corrected chi connectivity index (χ1v) is 4.43. The summed E-state index contributed by atoms with van der Waals surface area (Å²) in [6.45, 7) is 0. The van der Waals surface area contributed by atoms with Gasteiger partial charge in [0.1, 0.15) is 0 Å².